The maximum atomic E-state index is 12.5. The molecule has 1 saturated carbocycles. The van der Waals surface area contributed by atoms with E-state index in [1.54, 1.807) is 20.3 Å². The standard InChI is InChI=1S/C20H21N7O2.C3H6/c1-24-6-7-29-19(13-24)15-10-23-26(11-15)16-8-18-17(2-4-22-27(18)12-16)25-5-3-14(9-21)20(25)28;1-2-3-1/h2,4,8,10-12,14,19H,3,5-7,13H2,1H3;1-3H2. The monoisotopic (exact) mass is 433 g/mol. The molecule has 1 amide bonds. The molecule has 3 aromatic rings. The van der Waals surface area contributed by atoms with Gasteiger partial charge < -0.3 is 14.5 Å². The van der Waals surface area contributed by atoms with Crippen molar-refractivity contribution in [1.82, 2.24) is 24.3 Å². The number of carbonyl (C=O) groups excluding carboxylic acids is 1. The van der Waals surface area contributed by atoms with Crippen molar-refractivity contribution in [2.45, 2.75) is 31.8 Å². The molecule has 6 rings (SSSR count). The fraction of sp³-hybridized carbons (Fsp3) is 0.478. The third-order valence-corrected chi connectivity index (χ3v) is 5.99. The summed E-state index contributed by atoms with van der Waals surface area (Å²) in [4.78, 5) is 16.4. The Morgan fingerprint density at radius 1 is 1.19 bits per heavy atom. The van der Waals surface area contributed by atoms with Crippen molar-refractivity contribution in [2.24, 2.45) is 5.92 Å². The summed E-state index contributed by atoms with van der Waals surface area (Å²) in [6, 6.07) is 5.86. The fourth-order valence-electron chi connectivity index (χ4n) is 4.00. The number of hydrogen-bond acceptors (Lipinski definition) is 6. The second kappa shape index (κ2) is 8.73. The highest BCUT2D eigenvalue weighted by Crippen LogP contribution is 2.30. The Balaban J connectivity index is 0.000000666. The second-order valence-electron chi connectivity index (χ2n) is 8.61. The van der Waals surface area contributed by atoms with E-state index >= 15 is 0 Å². The largest absolute Gasteiger partial charge is 0.371 e. The lowest BCUT2D eigenvalue weighted by molar-refractivity contribution is -0.118. The Hall–Kier alpha value is -3.22. The summed E-state index contributed by atoms with van der Waals surface area (Å²) in [5, 5.41) is 18.0. The average molecular weight is 434 g/mol. The predicted octanol–water partition coefficient (Wildman–Crippen LogP) is 2.57. The molecule has 3 aromatic heterocycles. The van der Waals surface area contributed by atoms with Crippen molar-refractivity contribution in [2.75, 3.05) is 38.2 Å². The molecule has 0 N–H and O–H groups in total. The van der Waals surface area contributed by atoms with Gasteiger partial charge >= 0.3 is 0 Å². The van der Waals surface area contributed by atoms with Gasteiger partial charge in [0, 0.05) is 37.6 Å². The minimum Gasteiger partial charge on any atom is -0.371 e. The van der Waals surface area contributed by atoms with Crippen LogP contribution in [-0.2, 0) is 9.53 Å². The lowest BCUT2D eigenvalue weighted by atomic mass is 10.1. The number of morpholine rings is 1. The summed E-state index contributed by atoms with van der Waals surface area (Å²) in [5.74, 6) is -0.719. The van der Waals surface area contributed by atoms with Crippen LogP contribution in [0, 0.1) is 17.2 Å². The van der Waals surface area contributed by atoms with Crippen LogP contribution in [0.25, 0.3) is 11.2 Å². The number of amides is 1. The summed E-state index contributed by atoms with van der Waals surface area (Å²) in [6.07, 6.45) is 12.4. The van der Waals surface area contributed by atoms with E-state index in [-0.39, 0.29) is 12.0 Å². The first-order valence-corrected chi connectivity index (χ1v) is 11.2. The van der Waals surface area contributed by atoms with Crippen LogP contribution in [0.4, 0.5) is 5.69 Å². The average Bonchev–Trinajstić information content (AvgIpc) is 3.34. The molecule has 2 aliphatic heterocycles. The molecule has 9 heteroatoms. The van der Waals surface area contributed by atoms with E-state index in [9.17, 15) is 4.79 Å². The number of anilines is 1. The van der Waals surface area contributed by atoms with Gasteiger partial charge in [-0.15, -0.1) is 0 Å². The number of fused-ring (bicyclic) bond motifs is 1. The predicted molar refractivity (Wildman–Crippen MR) is 118 cm³/mol. The highest BCUT2D eigenvalue weighted by atomic mass is 16.5. The molecule has 0 radical (unpaired) electrons. The van der Waals surface area contributed by atoms with Crippen molar-refractivity contribution in [1.29, 1.82) is 5.26 Å². The van der Waals surface area contributed by atoms with Crippen LogP contribution in [0.1, 0.15) is 37.4 Å². The number of nitriles is 1. The van der Waals surface area contributed by atoms with Crippen LogP contribution >= 0.6 is 0 Å². The quantitative estimate of drug-likeness (QED) is 0.630. The van der Waals surface area contributed by atoms with E-state index in [0.717, 1.165) is 35.5 Å². The fourth-order valence-corrected chi connectivity index (χ4v) is 4.00. The van der Waals surface area contributed by atoms with E-state index in [0.29, 0.717) is 19.6 Å². The molecular formula is C23H27N7O2. The number of carbonyl (C=O) groups is 1. The molecule has 3 aliphatic rings. The molecule has 2 atom stereocenters. The SMILES string of the molecule is C1CC1.CN1CCOC(c2cnn(-c3cc4c(N5CCC(C#N)C5=O)ccnn4c3)c2)C1. The van der Waals surface area contributed by atoms with Crippen LogP contribution in [-0.4, -0.2) is 63.5 Å². The highest BCUT2D eigenvalue weighted by molar-refractivity contribution is 6.02. The minimum atomic E-state index is -0.569. The van der Waals surface area contributed by atoms with Crippen molar-refractivity contribution in [3.05, 3.63) is 42.5 Å². The Kier molecular flexibility index (Phi) is 5.64. The Labute approximate surface area is 186 Å². The normalized spacial score (nSPS) is 23.1. The molecule has 166 valence electrons. The van der Waals surface area contributed by atoms with Crippen LogP contribution in [0.3, 0.4) is 0 Å². The van der Waals surface area contributed by atoms with Gasteiger partial charge in [0.25, 0.3) is 0 Å². The second-order valence-corrected chi connectivity index (χ2v) is 8.61. The van der Waals surface area contributed by atoms with E-state index in [2.05, 4.69) is 28.2 Å². The van der Waals surface area contributed by atoms with Crippen molar-refractivity contribution < 1.29 is 9.53 Å². The number of likely N-dealkylation sites (N-methyl/N-ethyl adjacent to an activating group) is 1. The third-order valence-electron chi connectivity index (χ3n) is 5.99. The van der Waals surface area contributed by atoms with Crippen molar-refractivity contribution in [3.63, 3.8) is 0 Å². The van der Waals surface area contributed by atoms with Gasteiger partial charge in [-0.25, -0.2) is 9.20 Å². The molecule has 2 saturated heterocycles. The summed E-state index contributed by atoms with van der Waals surface area (Å²) in [7, 11) is 2.09. The summed E-state index contributed by atoms with van der Waals surface area (Å²) < 4.78 is 9.42. The molecule has 32 heavy (non-hydrogen) atoms. The van der Waals surface area contributed by atoms with Crippen LogP contribution in [0.2, 0.25) is 0 Å². The smallest absolute Gasteiger partial charge is 0.244 e. The van der Waals surface area contributed by atoms with Crippen LogP contribution in [0.15, 0.2) is 36.9 Å². The molecular weight excluding hydrogens is 406 g/mol. The lowest BCUT2D eigenvalue weighted by Gasteiger charge is -2.29. The topological polar surface area (TPSA) is 91.7 Å². The van der Waals surface area contributed by atoms with Crippen molar-refractivity contribution in [3.8, 4) is 11.8 Å². The first kappa shape index (κ1) is 20.7. The zero-order chi connectivity index (χ0) is 22.1. The number of hydrogen-bond donors (Lipinski definition) is 0. The molecule has 1 aliphatic carbocycles. The number of rotatable bonds is 3. The third kappa shape index (κ3) is 4.11. The number of aromatic nitrogens is 4. The Bertz CT molecular complexity index is 1160. The van der Waals surface area contributed by atoms with Gasteiger partial charge in [-0.2, -0.15) is 15.5 Å². The van der Waals surface area contributed by atoms with Crippen molar-refractivity contribution >= 4 is 17.1 Å². The maximum absolute atomic E-state index is 12.5. The zero-order valence-corrected chi connectivity index (χ0v) is 18.2. The molecule has 3 fully saturated rings. The van der Waals surface area contributed by atoms with Crippen LogP contribution < -0.4 is 4.90 Å². The molecule has 5 heterocycles. The van der Waals surface area contributed by atoms with Gasteiger partial charge in [0.15, 0.2) is 0 Å². The van der Waals surface area contributed by atoms with Gasteiger partial charge in [0.2, 0.25) is 5.91 Å². The summed E-state index contributed by atoms with van der Waals surface area (Å²) in [6.45, 7) is 3.02. The first-order chi connectivity index (χ1) is 15.6. The molecule has 9 nitrogen and oxygen atoms in total. The molecule has 0 aromatic carbocycles. The maximum Gasteiger partial charge on any atom is 0.244 e. The van der Waals surface area contributed by atoms with E-state index < -0.39 is 5.92 Å². The van der Waals surface area contributed by atoms with E-state index in [1.165, 1.54) is 19.3 Å². The first-order valence-electron chi connectivity index (χ1n) is 11.2. The zero-order valence-electron chi connectivity index (χ0n) is 18.2. The van der Waals surface area contributed by atoms with Gasteiger partial charge in [0.05, 0.1) is 48.1 Å². The van der Waals surface area contributed by atoms with E-state index in [4.69, 9.17) is 10.00 Å². The number of nitrogens with zero attached hydrogens (tertiary/aromatic N) is 7. The van der Waals surface area contributed by atoms with Gasteiger partial charge in [-0.1, -0.05) is 19.3 Å². The highest BCUT2D eigenvalue weighted by Gasteiger charge is 2.33. The van der Waals surface area contributed by atoms with Gasteiger partial charge in [-0.05, 0) is 25.6 Å². The lowest BCUT2D eigenvalue weighted by Crippen LogP contribution is -2.35. The molecule has 0 bridgehead atoms. The summed E-state index contributed by atoms with van der Waals surface area (Å²) in [5.41, 5.74) is 3.45. The summed E-state index contributed by atoms with van der Waals surface area (Å²) >= 11 is 0. The van der Waals surface area contributed by atoms with Gasteiger partial charge in [0.1, 0.15) is 5.92 Å². The molecule has 2 unspecified atom stereocenters. The van der Waals surface area contributed by atoms with Crippen LogP contribution in [0.5, 0.6) is 0 Å². The Morgan fingerprint density at radius 2 is 2.03 bits per heavy atom. The van der Waals surface area contributed by atoms with E-state index in [1.807, 2.05) is 30.7 Å². The Morgan fingerprint density at radius 3 is 2.75 bits per heavy atom. The minimum absolute atomic E-state index is 0.0124. The number of ether oxygens (including phenoxy) is 1. The van der Waals surface area contributed by atoms with Gasteiger partial charge in [-0.3, -0.25) is 4.79 Å². The molecule has 0 spiro atoms.